The number of aromatic nitrogens is 1. The van der Waals surface area contributed by atoms with E-state index in [9.17, 15) is 4.79 Å². The largest absolute Gasteiger partial charge is 0.463 e. The number of ether oxygens (including phenoxy) is 1. The summed E-state index contributed by atoms with van der Waals surface area (Å²) in [5.41, 5.74) is -0.408. The number of nitrogens with one attached hydrogen (secondary N) is 1. The van der Waals surface area contributed by atoms with Crippen molar-refractivity contribution in [1.82, 2.24) is 4.98 Å². The molecule has 17 heavy (non-hydrogen) atoms. The zero-order valence-electron chi connectivity index (χ0n) is 9.88. The van der Waals surface area contributed by atoms with Crippen LogP contribution in [0.15, 0.2) is 16.7 Å². The molecule has 0 bridgehead atoms. The van der Waals surface area contributed by atoms with Gasteiger partial charge in [0.2, 0.25) is 0 Å². The Hall–Kier alpha value is -0.810. The minimum Gasteiger partial charge on any atom is -0.463 e. The summed E-state index contributed by atoms with van der Waals surface area (Å²) in [4.78, 5) is 14.9. The molecule has 0 aliphatic heterocycles. The van der Waals surface area contributed by atoms with E-state index in [1.165, 1.54) is 6.92 Å². The highest BCUT2D eigenvalue weighted by atomic mass is 79.9. The van der Waals surface area contributed by atoms with Gasteiger partial charge >= 0.3 is 5.97 Å². The van der Waals surface area contributed by atoms with E-state index in [0.717, 1.165) is 4.47 Å². The summed E-state index contributed by atoms with van der Waals surface area (Å²) in [6.07, 6.45) is 1.55. The molecule has 1 heterocycles. The van der Waals surface area contributed by atoms with Crippen molar-refractivity contribution in [2.45, 2.75) is 26.3 Å². The normalized spacial score (nSPS) is 11.1. The Balaban J connectivity index is 2.72. The maximum atomic E-state index is 10.8. The van der Waals surface area contributed by atoms with E-state index < -0.39 is 5.54 Å². The van der Waals surface area contributed by atoms with Gasteiger partial charge in [-0.05, 0) is 35.8 Å². The summed E-state index contributed by atoms with van der Waals surface area (Å²) in [6, 6.07) is 1.75. The fourth-order valence-electron chi connectivity index (χ4n) is 1.15. The average molecular weight is 322 g/mol. The van der Waals surface area contributed by atoms with Crippen LogP contribution in [0.25, 0.3) is 0 Å². The van der Waals surface area contributed by atoms with Crippen molar-refractivity contribution in [2.24, 2.45) is 0 Å². The molecule has 0 radical (unpaired) electrons. The number of rotatable bonds is 4. The lowest BCUT2D eigenvalue weighted by Crippen LogP contribution is -2.37. The van der Waals surface area contributed by atoms with Gasteiger partial charge in [-0.15, -0.1) is 0 Å². The molecule has 1 N–H and O–H groups in total. The van der Waals surface area contributed by atoms with Gasteiger partial charge in [-0.25, -0.2) is 4.98 Å². The number of esters is 1. The molecule has 1 aromatic rings. The van der Waals surface area contributed by atoms with Gasteiger partial charge < -0.3 is 10.1 Å². The van der Waals surface area contributed by atoms with Crippen LogP contribution in [0.5, 0.6) is 0 Å². The highest BCUT2D eigenvalue weighted by molar-refractivity contribution is 9.10. The number of hydrogen-bond donors (Lipinski definition) is 1. The molecule has 0 aliphatic rings. The van der Waals surface area contributed by atoms with Crippen LogP contribution < -0.4 is 5.32 Å². The van der Waals surface area contributed by atoms with E-state index in [4.69, 9.17) is 16.3 Å². The molecule has 4 nitrogen and oxygen atoms in total. The van der Waals surface area contributed by atoms with Gasteiger partial charge in [-0.2, -0.15) is 0 Å². The number of carbonyl (C=O) groups excluding carboxylic acids is 1. The third kappa shape index (κ3) is 4.91. The van der Waals surface area contributed by atoms with Crippen LogP contribution in [0.1, 0.15) is 20.8 Å². The molecule has 94 valence electrons. The Morgan fingerprint density at radius 3 is 2.82 bits per heavy atom. The maximum absolute atomic E-state index is 10.8. The third-order valence-electron chi connectivity index (χ3n) is 1.90. The van der Waals surface area contributed by atoms with Crippen LogP contribution in [0.4, 0.5) is 5.82 Å². The van der Waals surface area contributed by atoms with Gasteiger partial charge in [-0.1, -0.05) is 11.6 Å². The summed E-state index contributed by atoms with van der Waals surface area (Å²) >= 11 is 9.16. The standard InChI is InChI=1S/C11H14BrClN2O2/c1-7(16)17-6-11(2,3)15-10-9(12)4-8(13)5-14-10/h4-5H,6H2,1-3H3,(H,14,15). The molecule has 0 aromatic carbocycles. The first-order valence-electron chi connectivity index (χ1n) is 5.03. The van der Waals surface area contributed by atoms with E-state index >= 15 is 0 Å². The van der Waals surface area contributed by atoms with Crippen LogP contribution in [-0.4, -0.2) is 23.1 Å². The molecule has 0 unspecified atom stereocenters. The van der Waals surface area contributed by atoms with Crippen molar-refractivity contribution in [3.8, 4) is 0 Å². The molecule has 0 atom stereocenters. The van der Waals surface area contributed by atoms with Gasteiger partial charge in [0.25, 0.3) is 0 Å². The second-order valence-corrected chi connectivity index (χ2v) is 5.56. The lowest BCUT2D eigenvalue weighted by molar-refractivity contribution is -0.142. The van der Waals surface area contributed by atoms with Gasteiger partial charge in [0, 0.05) is 13.1 Å². The monoisotopic (exact) mass is 320 g/mol. The van der Waals surface area contributed by atoms with Crippen molar-refractivity contribution in [3.05, 3.63) is 21.8 Å². The predicted octanol–water partition coefficient (Wildman–Crippen LogP) is 3.25. The molecule has 0 saturated carbocycles. The number of pyridine rings is 1. The van der Waals surface area contributed by atoms with Crippen molar-refractivity contribution < 1.29 is 9.53 Å². The molecule has 1 aromatic heterocycles. The van der Waals surface area contributed by atoms with Crippen LogP contribution in [0.2, 0.25) is 5.02 Å². The Morgan fingerprint density at radius 1 is 1.65 bits per heavy atom. The fraction of sp³-hybridized carbons (Fsp3) is 0.455. The molecule has 0 amide bonds. The second-order valence-electron chi connectivity index (χ2n) is 4.27. The quantitative estimate of drug-likeness (QED) is 0.865. The molecule has 0 spiro atoms. The zero-order chi connectivity index (χ0) is 13.1. The third-order valence-corrected chi connectivity index (χ3v) is 2.71. The number of carbonyl (C=O) groups is 1. The fourth-order valence-corrected chi connectivity index (χ4v) is 1.88. The van der Waals surface area contributed by atoms with Crippen molar-refractivity contribution in [3.63, 3.8) is 0 Å². The lowest BCUT2D eigenvalue weighted by atomic mass is 10.1. The van der Waals surface area contributed by atoms with Crippen LogP contribution in [-0.2, 0) is 9.53 Å². The second kappa shape index (κ2) is 5.69. The van der Waals surface area contributed by atoms with E-state index in [1.807, 2.05) is 13.8 Å². The number of nitrogens with zero attached hydrogens (tertiary/aromatic N) is 1. The first kappa shape index (κ1) is 14.3. The highest BCUT2D eigenvalue weighted by Crippen LogP contribution is 2.25. The minimum absolute atomic E-state index is 0.263. The highest BCUT2D eigenvalue weighted by Gasteiger charge is 2.20. The lowest BCUT2D eigenvalue weighted by Gasteiger charge is -2.26. The van der Waals surface area contributed by atoms with E-state index in [1.54, 1.807) is 12.3 Å². The number of hydrogen-bond acceptors (Lipinski definition) is 4. The average Bonchev–Trinajstić information content (AvgIpc) is 2.20. The summed E-state index contributed by atoms with van der Waals surface area (Å²) in [6.45, 7) is 5.48. The van der Waals surface area contributed by atoms with Gasteiger partial charge in [0.15, 0.2) is 0 Å². The van der Waals surface area contributed by atoms with Gasteiger partial charge in [0.05, 0.1) is 15.0 Å². The van der Waals surface area contributed by atoms with Gasteiger partial charge in [0.1, 0.15) is 12.4 Å². The summed E-state index contributed by atoms with van der Waals surface area (Å²) in [5.74, 6) is 0.356. The van der Waals surface area contributed by atoms with Crippen LogP contribution >= 0.6 is 27.5 Å². The topological polar surface area (TPSA) is 51.2 Å². The number of halogens is 2. The zero-order valence-corrected chi connectivity index (χ0v) is 12.2. The van der Waals surface area contributed by atoms with E-state index in [0.29, 0.717) is 10.8 Å². The molecule has 0 fully saturated rings. The SMILES string of the molecule is CC(=O)OCC(C)(C)Nc1ncc(Cl)cc1Br. The molecule has 6 heteroatoms. The Labute approximate surface area is 114 Å². The van der Waals surface area contributed by atoms with Crippen molar-refractivity contribution in [2.75, 3.05) is 11.9 Å². The molecular formula is C11H14BrClN2O2. The van der Waals surface area contributed by atoms with Gasteiger partial charge in [-0.3, -0.25) is 4.79 Å². The molecule has 0 saturated heterocycles. The minimum atomic E-state index is -0.408. The van der Waals surface area contributed by atoms with E-state index in [-0.39, 0.29) is 12.6 Å². The molecule has 1 rings (SSSR count). The summed E-state index contributed by atoms with van der Waals surface area (Å²) < 4.78 is 5.74. The maximum Gasteiger partial charge on any atom is 0.302 e. The molecular weight excluding hydrogens is 307 g/mol. The molecule has 0 aliphatic carbocycles. The smallest absolute Gasteiger partial charge is 0.302 e. The van der Waals surface area contributed by atoms with Crippen LogP contribution in [0.3, 0.4) is 0 Å². The Bertz CT molecular complexity index is 424. The van der Waals surface area contributed by atoms with Crippen LogP contribution in [0, 0.1) is 0 Å². The summed E-state index contributed by atoms with van der Waals surface area (Å²) in [7, 11) is 0. The van der Waals surface area contributed by atoms with Crippen molar-refractivity contribution in [1.29, 1.82) is 0 Å². The van der Waals surface area contributed by atoms with Crippen molar-refractivity contribution >= 4 is 39.3 Å². The number of anilines is 1. The van der Waals surface area contributed by atoms with E-state index in [2.05, 4.69) is 26.2 Å². The first-order chi connectivity index (χ1) is 7.80. The Morgan fingerprint density at radius 2 is 2.29 bits per heavy atom. The Kier molecular flexibility index (Phi) is 4.77. The summed E-state index contributed by atoms with van der Waals surface area (Å²) in [5, 5.41) is 3.73. The first-order valence-corrected chi connectivity index (χ1v) is 6.20. The predicted molar refractivity (Wildman–Crippen MR) is 71.3 cm³/mol.